The van der Waals surface area contributed by atoms with E-state index < -0.39 is 0 Å². The van der Waals surface area contributed by atoms with E-state index in [0.29, 0.717) is 15.6 Å². The molecule has 0 aromatic heterocycles. The maximum atomic E-state index is 12.4. The third kappa shape index (κ3) is 3.99. The van der Waals surface area contributed by atoms with Crippen LogP contribution in [0, 0.1) is 0 Å². The minimum absolute atomic E-state index is 0. The van der Waals surface area contributed by atoms with Crippen molar-refractivity contribution in [2.24, 2.45) is 0 Å². The number of likely N-dealkylation sites (N-methyl/N-ethyl adjacent to an activating group) is 1. The number of hydrogen-bond acceptors (Lipinski definition) is 2. The number of rotatable bonds is 3. The van der Waals surface area contributed by atoms with Gasteiger partial charge >= 0.3 is 0 Å². The van der Waals surface area contributed by atoms with E-state index in [9.17, 15) is 4.79 Å². The number of carbonyl (C=O) groups is 1. The Morgan fingerprint density at radius 3 is 2.58 bits per heavy atom. The van der Waals surface area contributed by atoms with Gasteiger partial charge in [-0.1, -0.05) is 23.2 Å². The van der Waals surface area contributed by atoms with Gasteiger partial charge in [0, 0.05) is 34.7 Å². The summed E-state index contributed by atoms with van der Waals surface area (Å²) in [5.74, 6) is 0.0113. The van der Waals surface area contributed by atoms with Crippen molar-refractivity contribution < 1.29 is 4.79 Å². The summed E-state index contributed by atoms with van der Waals surface area (Å²) in [6.45, 7) is 1.62. The fourth-order valence-electron chi connectivity index (χ4n) is 2.39. The van der Waals surface area contributed by atoms with Gasteiger partial charge in [-0.05, 0) is 38.1 Å². The molecule has 1 heterocycles. The predicted molar refractivity (Wildman–Crippen MR) is 81.7 cm³/mol. The van der Waals surface area contributed by atoms with Gasteiger partial charge < -0.3 is 10.2 Å². The standard InChI is InChI=1S/C13H16Cl2N2O.ClH/c1-16-8-12-3-2-4-17(12)13(18)9-5-10(14)7-11(15)6-9;/h5-7,12,16H,2-4,8H2,1H3;1H. The van der Waals surface area contributed by atoms with E-state index in [0.717, 1.165) is 25.9 Å². The molecule has 1 aliphatic heterocycles. The molecule has 0 spiro atoms. The first-order valence-corrected chi connectivity index (χ1v) is 6.79. The highest BCUT2D eigenvalue weighted by molar-refractivity contribution is 6.35. The Morgan fingerprint density at radius 1 is 1.37 bits per heavy atom. The first-order valence-electron chi connectivity index (χ1n) is 6.03. The molecule has 1 N–H and O–H groups in total. The van der Waals surface area contributed by atoms with Crippen LogP contribution in [0.5, 0.6) is 0 Å². The van der Waals surface area contributed by atoms with Crippen LogP contribution in [-0.2, 0) is 0 Å². The van der Waals surface area contributed by atoms with Crippen LogP contribution in [0.4, 0.5) is 0 Å². The van der Waals surface area contributed by atoms with Gasteiger partial charge in [-0.3, -0.25) is 4.79 Å². The molecule has 6 heteroatoms. The summed E-state index contributed by atoms with van der Waals surface area (Å²) in [5, 5.41) is 4.11. The molecule has 1 atom stereocenters. The number of halogens is 3. The average molecular weight is 324 g/mol. The van der Waals surface area contributed by atoms with Crippen LogP contribution < -0.4 is 5.32 Å². The van der Waals surface area contributed by atoms with Crippen LogP contribution in [0.3, 0.4) is 0 Å². The van der Waals surface area contributed by atoms with Crippen molar-refractivity contribution in [1.82, 2.24) is 10.2 Å². The number of carbonyl (C=O) groups excluding carboxylic acids is 1. The van der Waals surface area contributed by atoms with Crippen LogP contribution in [-0.4, -0.2) is 37.0 Å². The Balaban J connectivity index is 0.00000180. The van der Waals surface area contributed by atoms with E-state index in [4.69, 9.17) is 23.2 Å². The number of nitrogens with zero attached hydrogens (tertiary/aromatic N) is 1. The normalized spacial score (nSPS) is 18.3. The summed E-state index contributed by atoms with van der Waals surface area (Å²) in [7, 11) is 1.90. The van der Waals surface area contributed by atoms with Crippen molar-refractivity contribution in [3.63, 3.8) is 0 Å². The molecule has 1 unspecified atom stereocenters. The Labute approximate surface area is 129 Å². The molecule has 0 saturated carbocycles. The quantitative estimate of drug-likeness (QED) is 0.926. The van der Waals surface area contributed by atoms with Gasteiger partial charge in [0.05, 0.1) is 0 Å². The van der Waals surface area contributed by atoms with Crippen molar-refractivity contribution in [3.05, 3.63) is 33.8 Å². The zero-order valence-corrected chi connectivity index (χ0v) is 13.0. The SMILES string of the molecule is CNCC1CCCN1C(=O)c1cc(Cl)cc(Cl)c1.Cl. The minimum atomic E-state index is 0. The molecule has 1 saturated heterocycles. The van der Waals surface area contributed by atoms with Crippen LogP contribution >= 0.6 is 35.6 Å². The summed E-state index contributed by atoms with van der Waals surface area (Å²) in [6, 6.07) is 5.24. The van der Waals surface area contributed by atoms with Crippen molar-refractivity contribution in [2.45, 2.75) is 18.9 Å². The molecular weight excluding hydrogens is 307 g/mol. The second-order valence-electron chi connectivity index (χ2n) is 4.51. The van der Waals surface area contributed by atoms with Gasteiger partial charge in [0.15, 0.2) is 0 Å². The lowest BCUT2D eigenvalue weighted by atomic mass is 10.1. The topological polar surface area (TPSA) is 32.3 Å². The molecule has 106 valence electrons. The molecule has 3 nitrogen and oxygen atoms in total. The first kappa shape index (κ1) is 16.6. The molecule has 0 radical (unpaired) electrons. The molecule has 1 fully saturated rings. The highest BCUT2D eigenvalue weighted by Gasteiger charge is 2.28. The highest BCUT2D eigenvalue weighted by Crippen LogP contribution is 2.24. The number of benzene rings is 1. The third-order valence-corrected chi connectivity index (χ3v) is 3.62. The van der Waals surface area contributed by atoms with Gasteiger partial charge in [-0.2, -0.15) is 0 Å². The van der Waals surface area contributed by atoms with Crippen LogP contribution in [0.15, 0.2) is 18.2 Å². The molecule has 1 amide bonds. The monoisotopic (exact) mass is 322 g/mol. The van der Waals surface area contributed by atoms with Gasteiger partial charge in [0.25, 0.3) is 5.91 Å². The van der Waals surface area contributed by atoms with Gasteiger partial charge in [0.1, 0.15) is 0 Å². The maximum Gasteiger partial charge on any atom is 0.254 e. The first-order chi connectivity index (χ1) is 8.61. The summed E-state index contributed by atoms with van der Waals surface area (Å²) < 4.78 is 0. The fraction of sp³-hybridized carbons (Fsp3) is 0.462. The molecule has 0 aliphatic carbocycles. The third-order valence-electron chi connectivity index (χ3n) is 3.19. The van der Waals surface area contributed by atoms with Crippen LogP contribution in [0.25, 0.3) is 0 Å². The fourth-order valence-corrected chi connectivity index (χ4v) is 2.92. The van der Waals surface area contributed by atoms with E-state index in [1.165, 1.54) is 0 Å². The van der Waals surface area contributed by atoms with Gasteiger partial charge in [0.2, 0.25) is 0 Å². The largest absolute Gasteiger partial charge is 0.334 e. The maximum absolute atomic E-state index is 12.4. The number of nitrogens with one attached hydrogen (secondary N) is 1. The molecule has 1 aromatic rings. The molecular formula is C13H17Cl3N2O. The van der Waals surface area contributed by atoms with Gasteiger partial charge in [-0.25, -0.2) is 0 Å². The van der Waals surface area contributed by atoms with E-state index in [2.05, 4.69) is 5.32 Å². The summed E-state index contributed by atoms with van der Waals surface area (Å²) >= 11 is 11.9. The number of amides is 1. The van der Waals surface area contributed by atoms with E-state index >= 15 is 0 Å². The van der Waals surface area contributed by atoms with Crippen molar-refractivity contribution in [1.29, 1.82) is 0 Å². The van der Waals surface area contributed by atoms with Gasteiger partial charge in [-0.15, -0.1) is 12.4 Å². The molecule has 1 aliphatic rings. The number of likely N-dealkylation sites (tertiary alicyclic amines) is 1. The number of hydrogen-bond donors (Lipinski definition) is 1. The van der Waals surface area contributed by atoms with E-state index in [-0.39, 0.29) is 24.4 Å². The zero-order valence-electron chi connectivity index (χ0n) is 10.7. The zero-order chi connectivity index (χ0) is 13.1. The predicted octanol–water partition coefficient (Wildman–Crippen LogP) is 3.24. The average Bonchev–Trinajstić information content (AvgIpc) is 2.75. The smallest absolute Gasteiger partial charge is 0.254 e. The summed E-state index contributed by atoms with van der Waals surface area (Å²) in [5.41, 5.74) is 0.565. The molecule has 1 aromatic carbocycles. The van der Waals surface area contributed by atoms with Crippen molar-refractivity contribution >= 4 is 41.5 Å². The minimum Gasteiger partial charge on any atom is -0.334 e. The van der Waals surface area contributed by atoms with Crippen molar-refractivity contribution in [3.8, 4) is 0 Å². The lowest BCUT2D eigenvalue weighted by Crippen LogP contribution is -2.40. The highest BCUT2D eigenvalue weighted by atomic mass is 35.5. The Bertz CT molecular complexity index is 433. The van der Waals surface area contributed by atoms with Crippen molar-refractivity contribution in [2.75, 3.05) is 20.1 Å². The lowest BCUT2D eigenvalue weighted by molar-refractivity contribution is 0.0737. The Kier molecular flexibility index (Phi) is 6.40. The summed E-state index contributed by atoms with van der Waals surface area (Å²) in [6.07, 6.45) is 2.09. The lowest BCUT2D eigenvalue weighted by Gasteiger charge is -2.24. The molecule has 19 heavy (non-hydrogen) atoms. The van der Waals surface area contributed by atoms with E-state index in [1.807, 2.05) is 11.9 Å². The van der Waals surface area contributed by atoms with Crippen LogP contribution in [0.2, 0.25) is 10.0 Å². The second-order valence-corrected chi connectivity index (χ2v) is 5.38. The summed E-state index contributed by atoms with van der Waals surface area (Å²) in [4.78, 5) is 14.3. The Hall–Kier alpha value is -0.480. The molecule has 2 rings (SSSR count). The Morgan fingerprint density at radius 2 is 2.00 bits per heavy atom. The second kappa shape index (κ2) is 7.34. The molecule has 0 bridgehead atoms. The van der Waals surface area contributed by atoms with Crippen LogP contribution in [0.1, 0.15) is 23.2 Å². The van der Waals surface area contributed by atoms with E-state index in [1.54, 1.807) is 18.2 Å².